The fourth-order valence-corrected chi connectivity index (χ4v) is 5.92. The summed E-state index contributed by atoms with van der Waals surface area (Å²) in [5.41, 5.74) is 1.42. The van der Waals surface area contributed by atoms with Crippen LogP contribution in [0.5, 0.6) is 5.75 Å². The largest absolute Gasteiger partial charge is 0.487 e. The number of fused-ring (bicyclic) bond motifs is 1. The van der Waals surface area contributed by atoms with E-state index in [1.807, 2.05) is 18.4 Å². The number of nitrogens with zero attached hydrogens (tertiary/aromatic N) is 2. The highest BCUT2D eigenvalue weighted by Crippen LogP contribution is 2.37. The molecule has 1 unspecified atom stereocenters. The van der Waals surface area contributed by atoms with Crippen LogP contribution in [0.2, 0.25) is 0 Å². The summed E-state index contributed by atoms with van der Waals surface area (Å²) in [6.45, 7) is 4.16. The fraction of sp³-hybridized carbons (Fsp3) is 0.320. The molecular formula is C25H26FN5O2S2. The van der Waals surface area contributed by atoms with Gasteiger partial charge < -0.3 is 20.7 Å². The van der Waals surface area contributed by atoms with E-state index in [0.717, 1.165) is 43.3 Å². The number of aryl methyl sites for hydroxylation is 1. The summed E-state index contributed by atoms with van der Waals surface area (Å²) in [6.07, 6.45) is 4.17. The first kappa shape index (κ1) is 23.7. The summed E-state index contributed by atoms with van der Waals surface area (Å²) in [5.74, 6) is 0.503. The van der Waals surface area contributed by atoms with Gasteiger partial charge in [-0.25, -0.2) is 14.4 Å². The van der Waals surface area contributed by atoms with E-state index in [9.17, 15) is 9.18 Å². The van der Waals surface area contributed by atoms with Crippen LogP contribution >= 0.6 is 22.7 Å². The molecule has 1 aliphatic rings. The van der Waals surface area contributed by atoms with Gasteiger partial charge in [0, 0.05) is 24.0 Å². The molecule has 3 N–H and O–H groups in total. The number of anilines is 2. The molecule has 3 aromatic heterocycles. The molecule has 0 saturated carbocycles. The number of piperidine rings is 1. The molecule has 0 bridgehead atoms. The van der Waals surface area contributed by atoms with Crippen LogP contribution in [0.15, 0.2) is 42.0 Å². The molecule has 4 aromatic rings. The SMILES string of the molecule is Cc1c(C(=O)NCCc2cccs2)sc2ncnc(Nc3ccc(F)cc3OC3CCCNC3)c12. The van der Waals surface area contributed by atoms with Crippen molar-refractivity contribution in [1.82, 2.24) is 20.6 Å². The highest BCUT2D eigenvalue weighted by molar-refractivity contribution is 7.20. The van der Waals surface area contributed by atoms with Gasteiger partial charge in [-0.3, -0.25) is 4.79 Å². The third-order valence-electron chi connectivity index (χ3n) is 5.91. The smallest absolute Gasteiger partial charge is 0.261 e. The van der Waals surface area contributed by atoms with Gasteiger partial charge in [0.25, 0.3) is 5.91 Å². The monoisotopic (exact) mass is 511 g/mol. The van der Waals surface area contributed by atoms with Gasteiger partial charge in [0.2, 0.25) is 0 Å². The topological polar surface area (TPSA) is 88.2 Å². The average Bonchev–Trinajstić information content (AvgIpc) is 3.50. The second-order valence-corrected chi connectivity index (χ2v) is 10.4. The third-order valence-corrected chi connectivity index (χ3v) is 8.05. The summed E-state index contributed by atoms with van der Waals surface area (Å²) in [6, 6.07) is 8.50. The molecule has 5 rings (SSSR count). The first-order valence-corrected chi connectivity index (χ1v) is 13.3. The number of benzene rings is 1. The zero-order valence-corrected chi connectivity index (χ0v) is 20.9. The van der Waals surface area contributed by atoms with E-state index < -0.39 is 0 Å². The quantitative estimate of drug-likeness (QED) is 0.307. The van der Waals surface area contributed by atoms with Gasteiger partial charge in [-0.1, -0.05) is 6.07 Å². The molecular weight excluding hydrogens is 485 g/mol. The number of amides is 1. The molecule has 0 aliphatic carbocycles. The first-order valence-electron chi connectivity index (χ1n) is 11.6. The van der Waals surface area contributed by atoms with E-state index in [1.54, 1.807) is 17.4 Å². The van der Waals surface area contributed by atoms with Crippen LogP contribution in [0.3, 0.4) is 0 Å². The molecule has 1 aliphatic heterocycles. The number of carbonyl (C=O) groups excluding carboxylic acids is 1. The summed E-state index contributed by atoms with van der Waals surface area (Å²) in [4.78, 5) is 24.3. The molecule has 1 saturated heterocycles. The van der Waals surface area contributed by atoms with Crippen molar-refractivity contribution in [3.8, 4) is 5.75 Å². The number of carbonyl (C=O) groups is 1. The van der Waals surface area contributed by atoms with E-state index in [-0.39, 0.29) is 17.8 Å². The minimum Gasteiger partial charge on any atom is -0.487 e. The van der Waals surface area contributed by atoms with Gasteiger partial charge >= 0.3 is 0 Å². The molecule has 1 amide bonds. The Kier molecular flexibility index (Phi) is 7.21. The summed E-state index contributed by atoms with van der Waals surface area (Å²) in [7, 11) is 0. The van der Waals surface area contributed by atoms with Crippen LogP contribution < -0.4 is 20.7 Å². The van der Waals surface area contributed by atoms with Crippen LogP contribution in [-0.2, 0) is 6.42 Å². The van der Waals surface area contributed by atoms with Gasteiger partial charge in [0.15, 0.2) is 0 Å². The lowest BCUT2D eigenvalue weighted by Crippen LogP contribution is -2.37. The second-order valence-electron chi connectivity index (χ2n) is 8.40. The van der Waals surface area contributed by atoms with Crippen molar-refractivity contribution in [1.29, 1.82) is 0 Å². The molecule has 1 aromatic carbocycles. The summed E-state index contributed by atoms with van der Waals surface area (Å²) >= 11 is 3.02. The number of halogens is 1. The number of nitrogens with one attached hydrogen (secondary N) is 3. The molecule has 182 valence electrons. The molecule has 1 fully saturated rings. The normalized spacial score (nSPS) is 15.8. The maximum absolute atomic E-state index is 14.0. The zero-order valence-electron chi connectivity index (χ0n) is 19.3. The fourth-order valence-electron chi connectivity index (χ4n) is 4.14. The van der Waals surface area contributed by atoms with Crippen molar-refractivity contribution < 1.29 is 13.9 Å². The van der Waals surface area contributed by atoms with Gasteiger partial charge in [-0.05, 0) is 61.9 Å². The number of rotatable bonds is 8. The van der Waals surface area contributed by atoms with Crippen molar-refractivity contribution in [2.24, 2.45) is 0 Å². The van der Waals surface area contributed by atoms with E-state index in [2.05, 4.69) is 32.0 Å². The Labute approximate surface area is 210 Å². The molecule has 1 atom stereocenters. The van der Waals surface area contributed by atoms with Gasteiger partial charge in [0.05, 0.1) is 16.0 Å². The van der Waals surface area contributed by atoms with E-state index in [0.29, 0.717) is 33.5 Å². The second kappa shape index (κ2) is 10.7. The summed E-state index contributed by atoms with van der Waals surface area (Å²) in [5, 5.41) is 12.4. The number of hydrogen-bond donors (Lipinski definition) is 3. The number of ether oxygens (including phenoxy) is 1. The molecule has 10 heteroatoms. The Morgan fingerprint density at radius 1 is 1.31 bits per heavy atom. The highest BCUT2D eigenvalue weighted by atomic mass is 32.1. The number of hydrogen-bond acceptors (Lipinski definition) is 8. The van der Waals surface area contributed by atoms with Crippen molar-refractivity contribution >= 4 is 50.3 Å². The van der Waals surface area contributed by atoms with Gasteiger partial charge in [-0.2, -0.15) is 0 Å². The van der Waals surface area contributed by atoms with Crippen molar-refractivity contribution in [3.05, 3.63) is 63.2 Å². The Bertz CT molecular complexity index is 1320. The summed E-state index contributed by atoms with van der Waals surface area (Å²) < 4.78 is 20.2. The molecule has 7 nitrogen and oxygen atoms in total. The van der Waals surface area contributed by atoms with Crippen LogP contribution in [0.25, 0.3) is 10.2 Å². The number of aromatic nitrogens is 2. The van der Waals surface area contributed by atoms with Crippen molar-refractivity contribution in [2.75, 3.05) is 25.0 Å². The lowest BCUT2D eigenvalue weighted by atomic mass is 10.1. The molecule has 0 spiro atoms. The minimum absolute atomic E-state index is 0.0242. The van der Waals surface area contributed by atoms with Crippen LogP contribution in [0.1, 0.15) is 33.0 Å². The van der Waals surface area contributed by atoms with Crippen LogP contribution in [0, 0.1) is 12.7 Å². The van der Waals surface area contributed by atoms with Crippen molar-refractivity contribution in [2.45, 2.75) is 32.3 Å². The maximum Gasteiger partial charge on any atom is 0.261 e. The zero-order chi connectivity index (χ0) is 24.2. The molecule has 35 heavy (non-hydrogen) atoms. The highest BCUT2D eigenvalue weighted by Gasteiger charge is 2.21. The molecule has 0 radical (unpaired) electrons. The Balaban J connectivity index is 1.37. The lowest BCUT2D eigenvalue weighted by molar-refractivity contribution is 0.0958. The lowest BCUT2D eigenvalue weighted by Gasteiger charge is -2.25. The van der Waals surface area contributed by atoms with E-state index >= 15 is 0 Å². The Hall–Kier alpha value is -3.08. The minimum atomic E-state index is -0.365. The maximum atomic E-state index is 14.0. The third kappa shape index (κ3) is 5.44. The van der Waals surface area contributed by atoms with Crippen LogP contribution in [-0.4, -0.2) is 41.6 Å². The van der Waals surface area contributed by atoms with Crippen molar-refractivity contribution in [3.63, 3.8) is 0 Å². The Morgan fingerprint density at radius 3 is 3.03 bits per heavy atom. The molecule has 4 heterocycles. The average molecular weight is 512 g/mol. The Morgan fingerprint density at radius 2 is 2.23 bits per heavy atom. The van der Waals surface area contributed by atoms with E-state index in [4.69, 9.17) is 4.74 Å². The van der Waals surface area contributed by atoms with Crippen LogP contribution in [0.4, 0.5) is 15.9 Å². The number of thiophene rings is 2. The van der Waals surface area contributed by atoms with Gasteiger partial charge in [0.1, 0.15) is 34.6 Å². The van der Waals surface area contributed by atoms with E-state index in [1.165, 1.54) is 34.7 Å². The predicted molar refractivity (Wildman–Crippen MR) is 139 cm³/mol. The standard InChI is InChI=1S/C25H26FN5O2S2/c1-15-21-23(31-19-7-6-16(26)12-20(19)33-17-4-2-9-27-13-17)29-14-30-25(21)35-22(15)24(32)28-10-8-18-5-3-11-34-18/h3,5-7,11-12,14,17,27H,2,4,8-10,13H2,1H3,(H,28,32)(H,29,30,31). The predicted octanol–water partition coefficient (Wildman–Crippen LogP) is 5.05. The first-order chi connectivity index (χ1) is 17.1. The van der Waals surface area contributed by atoms with Gasteiger partial charge in [-0.15, -0.1) is 22.7 Å².